The summed E-state index contributed by atoms with van der Waals surface area (Å²) in [6.07, 6.45) is 5.03. The first-order valence-corrected chi connectivity index (χ1v) is 10.5. The van der Waals surface area contributed by atoms with Crippen molar-refractivity contribution in [3.63, 3.8) is 0 Å². The Kier molecular flexibility index (Phi) is 5.05. The van der Waals surface area contributed by atoms with E-state index in [1.54, 1.807) is 12.5 Å². The van der Waals surface area contributed by atoms with E-state index in [4.69, 9.17) is 11.6 Å². The number of H-pyrrole nitrogens is 1. The molecule has 4 aromatic rings. The third-order valence-corrected chi connectivity index (χ3v) is 5.92. The normalized spacial score (nSPS) is 16.2. The molecule has 0 amide bonds. The fourth-order valence-electron chi connectivity index (χ4n) is 4.05. The highest BCUT2D eigenvalue weighted by Crippen LogP contribution is 2.38. The topological polar surface area (TPSA) is 82.6 Å². The first kappa shape index (κ1) is 19.9. The highest BCUT2D eigenvalue weighted by Gasteiger charge is 2.35. The van der Waals surface area contributed by atoms with Crippen molar-refractivity contribution in [1.82, 2.24) is 24.9 Å². The summed E-state index contributed by atoms with van der Waals surface area (Å²) in [5.41, 5.74) is 3.91. The Bertz CT molecular complexity index is 1230. The number of alkyl halides is 2. The van der Waals surface area contributed by atoms with Gasteiger partial charge < -0.3 is 15.2 Å². The SMILES string of the molecule is FC1(F)CCN(c2c(CCNc3ncnc4[nH]cnc34)cc(Cl)c3cccnc23)CC1. The lowest BCUT2D eigenvalue weighted by atomic mass is 10.0. The minimum absolute atomic E-state index is 0.167. The van der Waals surface area contributed by atoms with E-state index in [0.717, 1.165) is 22.2 Å². The zero-order valence-corrected chi connectivity index (χ0v) is 17.3. The second-order valence-corrected chi connectivity index (χ2v) is 8.01. The number of nitrogens with one attached hydrogen (secondary N) is 2. The van der Waals surface area contributed by atoms with Gasteiger partial charge in [-0.15, -0.1) is 0 Å². The summed E-state index contributed by atoms with van der Waals surface area (Å²) in [5, 5.41) is 4.72. The van der Waals surface area contributed by atoms with E-state index >= 15 is 0 Å². The third-order valence-electron chi connectivity index (χ3n) is 5.61. The molecule has 1 aliphatic rings. The first-order chi connectivity index (χ1) is 15.0. The van der Waals surface area contributed by atoms with Gasteiger partial charge in [0.05, 0.1) is 22.6 Å². The number of piperidine rings is 1. The lowest BCUT2D eigenvalue weighted by Crippen LogP contribution is -2.40. The first-order valence-electron chi connectivity index (χ1n) is 10.1. The minimum Gasteiger partial charge on any atom is -0.369 e. The molecular weight excluding hydrogens is 424 g/mol. The Hall–Kier alpha value is -3.07. The van der Waals surface area contributed by atoms with Crippen molar-refractivity contribution in [2.24, 2.45) is 0 Å². The summed E-state index contributed by atoms with van der Waals surface area (Å²) < 4.78 is 27.5. The lowest BCUT2D eigenvalue weighted by Gasteiger charge is -2.35. The van der Waals surface area contributed by atoms with Crippen LogP contribution in [0.5, 0.6) is 0 Å². The smallest absolute Gasteiger partial charge is 0.251 e. The van der Waals surface area contributed by atoms with Gasteiger partial charge in [-0.05, 0) is 30.2 Å². The summed E-state index contributed by atoms with van der Waals surface area (Å²) in [6, 6.07) is 5.65. The van der Waals surface area contributed by atoms with Crippen LogP contribution in [0.2, 0.25) is 5.02 Å². The molecule has 31 heavy (non-hydrogen) atoms. The maximum Gasteiger partial charge on any atom is 0.251 e. The Labute approximate surface area is 181 Å². The van der Waals surface area contributed by atoms with E-state index < -0.39 is 5.92 Å². The van der Waals surface area contributed by atoms with Gasteiger partial charge >= 0.3 is 0 Å². The standard InChI is InChI=1S/C21H20ClF2N7/c22-15-10-13(3-7-26-19-17-20(28-11-27-17)30-12-29-19)18(16-14(15)2-1-6-25-16)31-8-4-21(23,24)5-9-31/h1-2,6,10-12H,3-5,7-9H2,(H2,26,27,28,29,30). The maximum absolute atomic E-state index is 13.8. The minimum atomic E-state index is -2.62. The van der Waals surface area contributed by atoms with Crippen LogP contribution < -0.4 is 10.2 Å². The van der Waals surface area contributed by atoms with Gasteiger partial charge in [-0.3, -0.25) is 4.98 Å². The number of halogens is 3. The van der Waals surface area contributed by atoms with Crippen molar-refractivity contribution >= 4 is 45.2 Å². The van der Waals surface area contributed by atoms with Gasteiger partial charge in [0.15, 0.2) is 11.5 Å². The van der Waals surface area contributed by atoms with Crippen molar-refractivity contribution < 1.29 is 8.78 Å². The van der Waals surface area contributed by atoms with Crippen LogP contribution in [0.25, 0.3) is 22.1 Å². The number of benzene rings is 1. The quantitative estimate of drug-likeness (QED) is 0.474. The average molecular weight is 444 g/mol. The second kappa shape index (κ2) is 7.88. The summed E-state index contributed by atoms with van der Waals surface area (Å²) in [5.74, 6) is -1.98. The Balaban J connectivity index is 1.45. The van der Waals surface area contributed by atoms with Gasteiger partial charge in [0, 0.05) is 44.1 Å². The maximum atomic E-state index is 13.8. The Morgan fingerprint density at radius 3 is 2.81 bits per heavy atom. The van der Waals surface area contributed by atoms with Crippen molar-refractivity contribution in [1.29, 1.82) is 0 Å². The summed E-state index contributed by atoms with van der Waals surface area (Å²) in [4.78, 5) is 22.2. The third kappa shape index (κ3) is 3.85. The van der Waals surface area contributed by atoms with Gasteiger partial charge in [0.25, 0.3) is 5.92 Å². The molecule has 3 aromatic heterocycles. The molecule has 0 unspecified atom stereocenters. The number of nitrogens with zero attached hydrogens (tertiary/aromatic N) is 5. The van der Waals surface area contributed by atoms with Crippen LogP contribution >= 0.6 is 11.6 Å². The predicted molar refractivity (Wildman–Crippen MR) is 117 cm³/mol. The van der Waals surface area contributed by atoms with E-state index in [2.05, 4.69) is 30.2 Å². The van der Waals surface area contributed by atoms with Crippen LogP contribution in [-0.2, 0) is 6.42 Å². The molecule has 1 aliphatic heterocycles. The van der Waals surface area contributed by atoms with E-state index in [1.165, 1.54) is 6.33 Å². The number of fused-ring (bicyclic) bond motifs is 2. The summed E-state index contributed by atoms with van der Waals surface area (Å²) in [7, 11) is 0. The molecule has 0 aliphatic carbocycles. The van der Waals surface area contributed by atoms with E-state index in [-0.39, 0.29) is 25.9 Å². The van der Waals surface area contributed by atoms with Gasteiger partial charge in [-0.1, -0.05) is 11.6 Å². The average Bonchev–Trinajstić information content (AvgIpc) is 3.24. The van der Waals surface area contributed by atoms with E-state index in [0.29, 0.717) is 35.0 Å². The zero-order valence-electron chi connectivity index (χ0n) is 16.6. The van der Waals surface area contributed by atoms with Crippen LogP contribution in [0.4, 0.5) is 20.3 Å². The van der Waals surface area contributed by atoms with Crippen molar-refractivity contribution in [2.75, 3.05) is 29.9 Å². The van der Waals surface area contributed by atoms with Gasteiger partial charge in [0.1, 0.15) is 11.8 Å². The monoisotopic (exact) mass is 443 g/mol. The number of anilines is 2. The molecule has 10 heteroatoms. The molecule has 0 atom stereocenters. The molecular formula is C21H20ClF2N7. The van der Waals surface area contributed by atoms with E-state index in [9.17, 15) is 8.78 Å². The molecule has 160 valence electrons. The number of pyridine rings is 1. The number of hydrogen-bond donors (Lipinski definition) is 2. The molecule has 7 nitrogen and oxygen atoms in total. The fraction of sp³-hybridized carbons (Fsp3) is 0.333. The van der Waals surface area contributed by atoms with Crippen LogP contribution in [0.15, 0.2) is 37.1 Å². The largest absolute Gasteiger partial charge is 0.369 e. The van der Waals surface area contributed by atoms with Gasteiger partial charge in [-0.2, -0.15) is 0 Å². The molecule has 0 spiro atoms. The van der Waals surface area contributed by atoms with Gasteiger partial charge in [-0.25, -0.2) is 23.7 Å². The molecule has 0 bridgehead atoms. The van der Waals surface area contributed by atoms with E-state index in [1.807, 2.05) is 23.1 Å². The molecule has 4 heterocycles. The Morgan fingerprint density at radius 2 is 1.97 bits per heavy atom. The van der Waals surface area contributed by atoms with Crippen molar-refractivity contribution in [2.45, 2.75) is 25.2 Å². The lowest BCUT2D eigenvalue weighted by molar-refractivity contribution is -0.0220. The molecule has 2 N–H and O–H groups in total. The van der Waals surface area contributed by atoms with Crippen LogP contribution in [-0.4, -0.2) is 50.5 Å². The zero-order chi connectivity index (χ0) is 21.4. The molecule has 1 saturated heterocycles. The molecule has 1 fully saturated rings. The molecule has 1 aromatic carbocycles. The molecule has 0 saturated carbocycles. The van der Waals surface area contributed by atoms with Crippen LogP contribution in [0, 0.1) is 0 Å². The van der Waals surface area contributed by atoms with Crippen molar-refractivity contribution in [3.8, 4) is 0 Å². The van der Waals surface area contributed by atoms with Crippen LogP contribution in [0.1, 0.15) is 18.4 Å². The predicted octanol–water partition coefficient (Wildman–Crippen LogP) is 4.44. The summed E-state index contributed by atoms with van der Waals surface area (Å²) in [6.45, 7) is 1.12. The van der Waals surface area contributed by atoms with Crippen LogP contribution in [0.3, 0.4) is 0 Å². The summed E-state index contributed by atoms with van der Waals surface area (Å²) >= 11 is 6.54. The number of imidazole rings is 1. The fourth-order valence-corrected chi connectivity index (χ4v) is 4.33. The Morgan fingerprint density at radius 1 is 1.13 bits per heavy atom. The highest BCUT2D eigenvalue weighted by atomic mass is 35.5. The van der Waals surface area contributed by atoms with Crippen molar-refractivity contribution in [3.05, 3.63) is 47.6 Å². The highest BCUT2D eigenvalue weighted by molar-refractivity contribution is 6.36. The number of aromatic amines is 1. The molecule has 5 rings (SSSR count). The second-order valence-electron chi connectivity index (χ2n) is 7.61. The number of aromatic nitrogens is 5. The number of hydrogen-bond acceptors (Lipinski definition) is 6. The molecule has 0 radical (unpaired) electrons. The van der Waals surface area contributed by atoms with Gasteiger partial charge in [0.2, 0.25) is 0 Å². The number of rotatable bonds is 5.